The van der Waals surface area contributed by atoms with Crippen molar-refractivity contribution in [2.45, 2.75) is 46.1 Å². The van der Waals surface area contributed by atoms with E-state index in [1.165, 1.54) is 13.8 Å². The molecule has 2 heterocycles. The van der Waals surface area contributed by atoms with Crippen LogP contribution in [0.25, 0.3) is 0 Å². The first-order valence-electron chi connectivity index (χ1n) is 7.92. The molecular formula is C16H23NO7S. The third kappa shape index (κ3) is 3.35. The Kier molecular flexibility index (Phi) is 4.86. The van der Waals surface area contributed by atoms with Crippen LogP contribution in [0.5, 0.6) is 0 Å². The summed E-state index contributed by atoms with van der Waals surface area (Å²) < 4.78 is 30.1. The van der Waals surface area contributed by atoms with Gasteiger partial charge in [0.2, 0.25) is 5.91 Å². The fraction of sp³-hybridized carbons (Fsp3) is 0.688. The lowest BCUT2D eigenvalue weighted by Gasteiger charge is -2.51. The van der Waals surface area contributed by atoms with Gasteiger partial charge in [0, 0.05) is 17.9 Å². The molecule has 25 heavy (non-hydrogen) atoms. The van der Waals surface area contributed by atoms with E-state index in [-0.39, 0.29) is 17.9 Å². The third-order valence-electron chi connectivity index (χ3n) is 4.27. The molecule has 2 aliphatic heterocycles. The van der Waals surface area contributed by atoms with Crippen molar-refractivity contribution in [1.29, 1.82) is 0 Å². The van der Waals surface area contributed by atoms with Gasteiger partial charge in [0.25, 0.3) is 0 Å². The van der Waals surface area contributed by atoms with Gasteiger partial charge in [-0.05, 0) is 6.92 Å². The number of Topliss-reactive ketones (excluding diaryl/α,β-unsaturated/α-hetero) is 1. The van der Waals surface area contributed by atoms with Crippen molar-refractivity contribution < 1.29 is 32.6 Å². The molecule has 2 rings (SSSR count). The van der Waals surface area contributed by atoms with E-state index in [0.29, 0.717) is 0 Å². The van der Waals surface area contributed by atoms with Crippen molar-refractivity contribution in [3.63, 3.8) is 0 Å². The average molecular weight is 373 g/mol. The van der Waals surface area contributed by atoms with Crippen LogP contribution < -0.4 is 0 Å². The monoisotopic (exact) mass is 373 g/mol. The van der Waals surface area contributed by atoms with Gasteiger partial charge in [-0.2, -0.15) is 0 Å². The third-order valence-corrected chi connectivity index (χ3v) is 6.26. The molecule has 1 saturated heterocycles. The largest absolute Gasteiger partial charge is 0.461 e. The van der Waals surface area contributed by atoms with Gasteiger partial charge in [0.05, 0.1) is 23.5 Å². The molecule has 1 unspecified atom stereocenters. The lowest BCUT2D eigenvalue weighted by molar-refractivity contribution is -0.156. The van der Waals surface area contributed by atoms with Crippen LogP contribution in [0.15, 0.2) is 11.3 Å². The number of carbonyl (C=O) groups excluding carboxylic acids is 3. The summed E-state index contributed by atoms with van der Waals surface area (Å²) in [5, 5.41) is 8.50. The summed E-state index contributed by atoms with van der Waals surface area (Å²) in [6.07, 6.45) is -1.15. The van der Waals surface area contributed by atoms with Crippen LogP contribution in [0.2, 0.25) is 0 Å². The predicted octanol–water partition coefficient (Wildman–Crippen LogP) is 0.0125. The number of rotatable bonds is 4. The Balaban J connectivity index is 2.58. The topological polar surface area (TPSA) is 118 Å². The van der Waals surface area contributed by atoms with Crippen LogP contribution in [0, 0.1) is 11.3 Å². The van der Waals surface area contributed by atoms with Crippen LogP contribution >= 0.6 is 0 Å². The number of amides is 1. The summed E-state index contributed by atoms with van der Waals surface area (Å²) >= 11 is 0. The Labute approximate surface area is 146 Å². The summed E-state index contributed by atoms with van der Waals surface area (Å²) in [5.74, 6) is -3.23. The fourth-order valence-electron chi connectivity index (χ4n) is 3.04. The average Bonchev–Trinajstić information content (AvgIpc) is 2.42. The number of ketones is 1. The highest BCUT2D eigenvalue weighted by Gasteiger charge is 2.61. The van der Waals surface area contributed by atoms with Gasteiger partial charge in [0.1, 0.15) is 6.61 Å². The van der Waals surface area contributed by atoms with Gasteiger partial charge in [-0.3, -0.25) is 19.3 Å². The molecule has 0 aromatic carbocycles. The number of hydrogen-bond acceptors (Lipinski definition) is 7. The van der Waals surface area contributed by atoms with E-state index < -0.39 is 56.1 Å². The van der Waals surface area contributed by atoms with Crippen molar-refractivity contribution in [2.24, 2.45) is 11.3 Å². The Bertz CT molecular complexity index is 758. The summed E-state index contributed by atoms with van der Waals surface area (Å²) in [6.45, 7) is 7.10. The maximum absolute atomic E-state index is 12.8. The molecule has 0 saturated carbocycles. The van der Waals surface area contributed by atoms with Gasteiger partial charge in [-0.15, -0.1) is 0 Å². The van der Waals surface area contributed by atoms with Crippen LogP contribution in [-0.4, -0.2) is 59.9 Å². The molecule has 0 radical (unpaired) electrons. The number of nitrogens with zero attached hydrogens (tertiary/aromatic N) is 1. The number of carbonyl (C=O) groups is 3. The van der Waals surface area contributed by atoms with E-state index in [0.717, 1.165) is 4.90 Å². The molecule has 3 atom stereocenters. The maximum Gasteiger partial charge on any atom is 0.302 e. The van der Waals surface area contributed by atoms with Crippen molar-refractivity contribution >= 4 is 27.5 Å². The zero-order chi connectivity index (χ0) is 19.3. The second-order valence-corrected chi connectivity index (χ2v) is 9.58. The summed E-state index contributed by atoms with van der Waals surface area (Å²) in [7, 11) is -3.82. The van der Waals surface area contributed by atoms with Crippen molar-refractivity contribution in [3.05, 3.63) is 11.3 Å². The first-order chi connectivity index (χ1) is 11.3. The van der Waals surface area contributed by atoms with Crippen LogP contribution in [0.3, 0.4) is 0 Å². The highest BCUT2D eigenvalue weighted by Crippen LogP contribution is 2.43. The van der Waals surface area contributed by atoms with Gasteiger partial charge in [-0.25, -0.2) is 8.42 Å². The molecule has 0 bridgehead atoms. The number of β-lactam (4-membered cyclic amide) rings is 1. The number of sulfone groups is 1. The normalized spacial score (nSPS) is 26.6. The molecular weight excluding hydrogens is 350 g/mol. The lowest BCUT2D eigenvalue weighted by Crippen LogP contribution is -2.69. The van der Waals surface area contributed by atoms with E-state index >= 15 is 0 Å². The van der Waals surface area contributed by atoms with Gasteiger partial charge in [0.15, 0.2) is 21.0 Å². The molecule has 9 heteroatoms. The van der Waals surface area contributed by atoms with Crippen LogP contribution in [-0.2, 0) is 29.0 Å². The summed E-state index contributed by atoms with van der Waals surface area (Å²) in [5.41, 5.74) is -0.808. The first kappa shape index (κ1) is 19.6. The number of hydrogen-bond donors (Lipinski definition) is 1. The van der Waals surface area contributed by atoms with Crippen LogP contribution in [0.4, 0.5) is 0 Å². The minimum Gasteiger partial charge on any atom is -0.461 e. The summed E-state index contributed by atoms with van der Waals surface area (Å²) in [4.78, 5) is 37.3. The minimum atomic E-state index is -3.82. The molecule has 1 N–H and O–H groups in total. The molecule has 0 aromatic heterocycles. The lowest BCUT2D eigenvalue weighted by atomic mass is 9.83. The number of aliphatic hydroxyl groups excluding tert-OH is 1. The van der Waals surface area contributed by atoms with Crippen molar-refractivity contribution in [3.8, 4) is 0 Å². The smallest absolute Gasteiger partial charge is 0.302 e. The molecule has 0 aliphatic carbocycles. The molecule has 0 aromatic rings. The molecule has 1 fully saturated rings. The SMILES string of the molecule is CC(=O)OCC1=C(C(=O)C(C)(C)C)N2C(=O)[C@H](C(C)O)[C@@H]2S(=O)(=O)C1. The van der Waals surface area contributed by atoms with E-state index in [4.69, 9.17) is 4.74 Å². The van der Waals surface area contributed by atoms with Crippen molar-refractivity contribution in [2.75, 3.05) is 12.4 Å². The van der Waals surface area contributed by atoms with E-state index in [2.05, 4.69) is 0 Å². The molecule has 1 amide bonds. The highest BCUT2D eigenvalue weighted by atomic mass is 32.2. The van der Waals surface area contributed by atoms with E-state index in [1.807, 2.05) is 0 Å². The maximum atomic E-state index is 12.8. The number of ether oxygens (including phenoxy) is 1. The summed E-state index contributed by atoms with van der Waals surface area (Å²) in [6, 6.07) is 0. The van der Waals surface area contributed by atoms with Gasteiger partial charge in [-0.1, -0.05) is 20.8 Å². The number of esters is 1. The standard InChI is InChI=1S/C16H23NO7S/c1-8(18)11-14(21)17-12(13(20)16(3,4)5)10(6-24-9(2)19)7-25(22,23)15(11)17/h8,11,15,18H,6-7H2,1-5H3/t8?,11-,15-/m0/s1. The quantitative estimate of drug-likeness (QED) is 0.545. The highest BCUT2D eigenvalue weighted by molar-refractivity contribution is 7.92. The number of allylic oxidation sites excluding steroid dienone is 1. The fourth-order valence-corrected chi connectivity index (χ4v) is 5.24. The minimum absolute atomic E-state index is 0.0320. The zero-order valence-corrected chi connectivity index (χ0v) is 15.7. The van der Waals surface area contributed by atoms with E-state index in [9.17, 15) is 27.9 Å². The van der Waals surface area contributed by atoms with Crippen LogP contribution in [0.1, 0.15) is 34.6 Å². The Hall–Kier alpha value is -1.74. The molecule has 0 spiro atoms. The Morgan fingerprint density at radius 3 is 2.36 bits per heavy atom. The molecule has 2 aliphatic rings. The van der Waals surface area contributed by atoms with E-state index in [1.54, 1.807) is 20.8 Å². The van der Waals surface area contributed by atoms with Crippen molar-refractivity contribution in [1.82, 2.24) is 4.90 Å². The first-order valence-corrected chi connectivity index (χ1v) is 9.63. The Morgan fingerprint density at radius 2 is 1.92 bits per heavy atom. The Morgan fingerprint density at radius 1 is 1.36 bits per heavy atom. The second-order valence-electron chi connectivity index (χ2n) is 7.48. The van der Waals surface area contributed by atoms with Gasteiger partial charge < -0.3 is 9.84 Å². The zero-order valence-electron chi connectivity index (χ0n) is 14.9. The molecule has 8 nitrogen and oxygen atoms in total. The van der Waals surface area contributed by atoms with Gasteiger partial charge >= 0.3 is 5.97 Å². The number of aliphatic hydroxyl groups is 1. The predicted molar refractivity (Wildman–Crippen MR) is 87.7 cm³/mol. The number of fused-ring (bicyclic) bond motifs is 1. The molecule has 140 valence electrons. The second kappa shape index (κ2) is 6.21.